The van der Waals surface area contributed by atoms with Gasteiger partial charge in [0, 0.05) is 6.04 Å². The van der Waals surface area contributed by atoms with E-state index in [-0.39, 0.29) is 10.9 Å². The van der Waals surface area contributed by atoms with E-state index in [1.54, 1.807) is 12.1 Å². The minimum atomic E-state index is -3.90. The van der Waals surface area contributed by atoms with Gasteiger partial charge in [-0.15, -0.1) is 0 Å². The molecule has 20 heavy (non-hydrogen) atoms. The molecule has 1 aromatic rings. The van der Waals surface area contributed by atoms with Gasteiger partial charge in [-0.3, -0.25) is 0 Å². The van der Waals surface area contributed by atoms with Crippen LogP contribution in [-0.4, -0.2) is 26.6 Å². The molecule has 1 saturated carbocycles. The first-order valence-corrected chi connectivity index (χ1v) is 8.36. The molecular formula is C14H19F2NO2S. The fourth-order valence-electron chi connectivity index (χ4n) is 2.90. The molecule has 3 unspecified atom stereocenters. The zero-order valence-corrected chi connectivity index (χ0v) is 12.1. The minimum absolute atomic E-state index is 0.0433. The van der Waals surface area contributed by atoms with Crippen LogP contribution >= 0.6 is 0 Å². The maximum atomic E-state index is 12.2. The summed E-state index contributed by atoms with van der Waals surface area (Å²) in [6.07, 6.45) is -0.979. The Bertz CT molecular complexity index is 557. The van der Waals surface area contributed by atoms with Crippen molar-refractivity contribution >= 4 is 9.84 Å². The molecule has 3 nitrogen and oxygen atoms in total. The van der Waals surface area contributed by atoms with Gasteiger partial charge in [-0.2, -0.15) is 0 Å². The summed E-state index contributed by atoms with van der Waals surface area (Å²) in [5.41, 5.74) is 6.97. The highest BCUT2D eigenvalue weighted by molar-refractivity contribution is 7.91. The number of hydrogen-bond acceptors (Lipinski definition) is 3. The van der Waals surface area contributed by atoms with Crippen LogP contribution in [0.3, 0.4) is 0 Å². The molecule has 112 valence electrons. The summed E-state index contributed by atoms with van der Waals surface area (Å²) in [5.74, 6) is -0.363. The fourth-order valence-corrected chi connectivity index (χ4v) is 3.98. The van der Waals surface area contributed by atoms with Crippen molar-refractivity contribution in [1.29, 1.82) is 0 Å². The SMILES string of the molecule is CCC1C(N)CC1c1ccc(S(=O)(=O)CC(F)F)cc1. The lowest BCUT2D eigenvalue weighted by atomic mass is 9.65. The van der Waals surface area contributed by atoms with E-state index in [0.717, 1.165) is 18.4 Å². The van der Waals surface area contributed by atoms with Crippen molar-refractivity contribution in [3.63, 3.8) is 0 Å². The number of alkyl halides is 2. The molecule has 3 atom stereocenters. The summed E-state index contributed by atoms with van der Waals surface area (Å²) >= 11 is 0. The van der Waals surface area contributed by atoms with E-state index in [4.69, 9.17) is 5.73 Å². The Hall–Kier alpha value is -1.01. The minimum Gasteiger partial charge on any atom is -0.327 e. The topological polar surface area (TPSA) is 60.2 Å². The summed E-state index contributed by atoms with van der Waals surface area (Å²) in [7, 11) is -3.90. The van der Waals surface area contributed by atoms with Crippen LogP contribution in [0.4, 0.5) is 8.78 Å². The Morgan fingerprint density at radius 3 is 2.35 bits per heavy atom. The van der Waals surface area contributed by atoms with Gasteiger partial charge in [-0.25, -0.2) is 17.2 Å². The first-order chi connectivity index (χ1) is 9.35. The molecule has 0 bridgehead atoms. The molecule has 2 N–H and O–H groups in total. The average Bonchev–Trinajstić information content (AvgIpc) is 2.35. The summed E-state index contributed by atoms with van der Waals surface area (Å²) in [6.45, 7) is 2.08. The van der Waals surface area contributed by atoms with E-state index < -0.39 is 22.0 Å². The molecule has 1 fully saturated rings. The second kappa shape index (κ2) is 5.77. The summed E-state index contributed by atoms with van der Waals surface area (Å²) < 4.78 is 47.8. The van der Waals surface area contributed by atoms with Gasteiger partial charge >= 0.3 is 0 Å². The molecule has 0 saturated heterocycles. The monoisotopic (exact) mass is 303 g/mol. The lowest BCUT2D eigenvalue weighted by Crippen LogP contribution is -2.45. The van der Waals surface area contributed by atoms with Crippen LogP contribution in [0.25, 0.3) is 0 Å². The van der Waals surface area contributed by atoms with Crippen molar-refractivity contribution in [3.8, 4) is 0 Å². The third kappa shape index (κ3) is 3.01. The van der Waals surface area contributed by atoms with Gasteiger partial charge in [0.25, 0.3) is 6.43 Å². The molecule has 0 spiro atoms. The zero-order valence-electron chi connectivity index (χ0n) is 11.3. The Labute approximate surface area is 118 Å². The Morgan fingerprint density at radius 1 is 1.30 bits per heavy atom. The van der Waals surface area contributed by atoms with Crippen molar-refractivity contribution < 1.29 is 17.2 Å². The van der Waals surface area contributed by atoms with Crippen molar-refractivity contribution in [2.45, 2.75) is 43.0 Å². The predicted molar refractivity (Wildman–Crippen MR) is 73.6 cm³/mol. The molecule has 0 radical (unpaired) electrons. The lowest BCUT2D eigenvalue weighted by molar-refractivity contribution is 0.174. The van der Waals surface area contributed by atoms with Crippen LogP contribution in [0.1, 0.15) is 31.2 Å². The smallest absolute Gasteiger partial charge is 0.252 e. The van der Waals surface area contributed by atoms with Gasteiger partial charge in [0.2, 0.25) is 0 Å². The van der Waals surface area contributed by atoms with Crippen LogP contribution in [0.5, 0.6) is 0 Å². The first kappa shape index (κ1) is 15.4. The number of benzene rings is 1. The van der Waals surface area contributed by atoms with Gasteiger partial charge in [0.15, 0.2) is 9.84 Å². The van der Waals surface area contributed by atoms with E-state index in [9.17, 15) is 17.2 Å². The zero-order chi connectivity index (χ0) is 14.9. The standard InChI is InChI=1S/C14H19F2NO2S/c1-2-11-12(7-13(11)17)9-3-5-10(6-4-9)20(18,19)8-14(15)16/h3-6,11-14H,2,7-8,17H2,1H3. The Kier molecular flexibility index (Phi) is 4.44. The maximum Gasteiger partial charge on any atom is 0.252 e. The van der Waals surface area contributed by atoms with Crippen molar-refractivity contribution in [3.05, 3.63) is 29.8 Å². The number of halogens is 2. The van der Waals surface area contributed by atoms with E-state index >= 15 is 0 Å². The Morgan fingerprint density at radius 2 is 1.90 bits per heavy atom. The molecule has 2 rings (SSSR count). The largest absolute Gasteiger partial charge is 0.327 e. The summed E-state index contributed by atoms with van der Waals surface area (Å²) in [5, 5.41) is 0. The molecule has 1 aromatic carbocycles. The van der Waals surface area contributed by atoms with E-state index in [2.05, 4.69) is 6.92 Å². The molecule has 1 aliphatic carbocycles. The third-order valence-electron chi connectivity index (χ3n) is 4.08. The molecule has 0 aliphatic heterocycles. The summed E-state index contributed by atoms with van der Waals surface area (Å²) in [4.78, 5) is -0.0433. The predicted octanol–water partition coefficient (Wildman–Crippen LogP) is 2.57. The third-order valence-corrected chi connectivity index (χ3v) is 5.76. The molecular weight excluding hydrogens is 284 g/mol. The van der Waals surface area contributed by atoms with Gasteiger partial charge < -0.3 is 5.73 Å². The van der Waals surface area contributed by atoms with Gasteiger partial charge in [0.1, 0.15) is 5.75 Å². The molecule has 0 heterocycles. The van der Waals surface area contributed by atoms with Crippen molar-refractivity contribution in [1.82, 2.24) is 0 Å². The average molecular weight is 303 g/mol. The van der Waals surface area contributed by atoms with Gasteiger partial charge in [0.05, 0.1) is 4.90 Å². The number of hydrogen-bond donors (Lipinski definition) is 1. The van der Waals surface area contributed by atoms with Crippen molar-refractivity contribution in [2.24, 2.45) is 11.7 Å². The van der Waals surface area contributed by atoms with Gasteiger partial charge in [-0.05, 0) is 36.0 Å². The maximum absolute atomic E-state index is 12.2. The van der Waals surface area contributed by atoms with E-state index in [1.165, 1.54) is 12.1 Å². The molecule has 1 aliphatic rings. The number of nitrogens with two attached hydrogens (primary N) is 1. The molecule has 0 aromatic heterocycles. The lowest BCUT2D eigenvalue weighted by Gasteiger charge is -2.42. The van der Waals surface area contributed by atoms with E-state index in [1.807, 2.05) is 0 Å². The number of sulfone groups is 1. The van der Waals surface area contributed by atoms with Crippen LogP contribution in [0.15, 0.2) is 29.2 Å². The molecule has 0 amide bonds. The van der Waals surface area contributed by atoms with E-state index in [0.29, 0.717) is 11.8 Å². The highest BCUT2D eigenvalue weighted by Gasteiger charge is 2.38. The van der Waals surface area contributed by atoms with Crippen LogP contribution < -0.4 is 5.73 Å². The van der Waals surface area contributed by atoms with Crippen molar-refractivity contribution in [2.75, 3.05) is 5.75 Å². The van der Waals surface area contributed by atoms with Gasteiger partial charge in [-0.1, -0.05) is 25.5 Å². The second-order valence-corrected chi connectivity index (χ2v) is 7.35. The molecule has 6 heteroatoms. The highest BCUT2D eigenvalue weighted by Crippen LogP contribution is 2.43. The quantitative estimate of drug-likeness (QED) is 0.909. The summed E-state index contributed by atoms with van der Waals surface area (Å²) in [6, 6.07) is 6.48. The van der Waals surface area contributed by atoms with Crippen LogP contribution in [0, 0.1) is 5.92 Å². The number of rotatable bonds is 5. The first-order valence-electron chi connectivity index (χ1n) is 6.71. The normalized spacial score (nSPS) is 26.6. The second-order valence-electron chi connectivity index (χ2n) is 5.32. The fraction of sp³-hybridized carbons (Fsp3) is 0.571. The van der Waals surface area contributed by atoms with Crippen LogP contribution in [0.2, 0.25) is 0 Å². The highest BCUT2D eigenvalue weighted by atomic mass is 32.2. The van der Waals surface area contributed by atoms with Crippen LogP contribution in [-0.2, 0) is 9.84 Å². The Balaban J connectivity index is 2.15.